The van der Waals surface area contributed by atoms with Crippen molar-refractivity contribution in [1.82, 2.24) is 0 Å². The van der Waals surface area contributed by atoms with E-state index in [1.807, 2.05) is 12.1 Å². The van der Waals surface area contributed by atoms with Gasteiger partial charge in [-0.15, -0.1) is 0 Å². The van der Waals surface area contributed by atoms with Crippen LogP contribution in [-0.4, -0.2) is 20.3 Å². The van der Waals surface area contributed by atoms with E-state index in [2.05, 4.69) is 13.8 Å². The van der Waals surface area contributed by atoms with Gasteiger partial charge in [-0.3, -0.25) is 0 Å². The first-order chi connectivity index (χ1) is 10.2. The first-order valence-corrected chi connectivity index (χ1v) is 8.62. The van der Waals surface area contributed by atoms with Crippen molar-refractivity contribution in [3.8, 4) is 0 Å². The predicted octanol–water partition coefficient (Wildman–Crippen LogP) is 4.49. The molecule has 1 fully saturated rings. The molecule has 0 unspecified atom stereocenters. The molecule has 5 heteroatoms. The van der Waals surface area contributed by atoms with Crippen LogP contribution < -0.4 is 5.46 Å². The molecule has 116 valence electrons. The van der Waals surface area contributed by atoms with Crippen LogP contribution in [0.15, 0.2) is 12.1 Å². The van der Waals surface area contributed by atoms with Crippen LogP contribution in [-0.2, 0) is 15.7 Å². The summed E-state index contributed by atoms with van der Waals surface area (Å²) in [7, 11) is -0.386. The Balaban J connectivity index is 2.02. The molecule has 0 amide bonds. The van der Waals surface area contributed by atoms with E-state index in [0.29, 0.717) is 16.0 Å². The number of hydrogen-bond donors (Lipinski definition) is 0. The zero-order chi connectivity index (χ0) is 15.2. The predicted molar refractivity (Wildman–Crippen MR) is 90.8 cm³/mol. The minimum absolute atomic E-state index is 0.386. The van der Waals surface area contributed by atoms with Gasteiger partial charge in [0, 0.05) is 24.6 Å². The summed E-state index contributed by atoms with van der Waals surface area (Å²) >= 11 is 12.7. The molecule has 2 nitrogen and oxygen atoms in total. The lowest BCUT2D eigenvalue weighted by Gasteiger charge is -2.28. The monoisotopic (exact) mass is 328 g/mol. The largest absolute Gasteiger partial charge is 0.495 e. The van der Waals surface area contributed by atoms with Gasteiger partial charge in [-0.25, -0.2) is 0 Å². The third-order valence-electron chi connectivity index (χ3n) is 3.90. The highest BCUT2D eigenvalue weighted by atomic mass is 35.5. The molecule has 0 N–H and O–H groups in total. The maximum atomic E-state index is 6.40. The number of hydrogen-bond acceptors (Lipinski definition) is 2. The number of unbranched alkanes of at least 4 members (excludes halogenated alkanes) is 1. The van der Waals surface area contributed by atoms with Gasteiger partial charge in [-0.05, 0) is 18.4 Å². The maximum Gasteiger partial charge on any atom is 0.495 e. The van der Waals surface area contributed by atoms with E-state index in [1.54, 1.807) is 0 Å². The summed E-state index contributed by atoms with van der Waals surface area (Å²) in [5.41, 5.74) is 1.93. The zero-order valence-electron chi connectivity index (χ0n) is 12.8. The van der Waals surface area contributed by atoms with E-state index in [-0.39, 0.29) is 7.12 Å². The number of aryl methyl sites for hydroxylation is 1. The van der Waals surface area contributed by atoms with Gasteiger partial charge in [-0.2, -0.15) is 0 Å². The number of halogens is 2. The van der Waals surface area contributed by atoms with Crippen molar-refractivity contribution < 1.29 is 9.31 Å². The first kappa shape index (κ1) is 17.1. The van der Waals surface area contributed by atoms with E-state index >= 15 is 0 Å². The van der Waals surface area contributed by atoms with Crippen LogP contribution in [0.2, 0.25) is 10.0 Å². The lowest BCUT2D eigenvalue weighted by molar-refractivity contribution is 0.0813. The van der Waals surface area contributed by atoms with E-state index in [1.165, 1.54) is 12.8 Å². The fourth-order valence-electron chi connectivity index (χ4n) is 2.63. The van der Waals surface area contributed by atoms with Crippen molar-refractivity contribution in [2.24, 2.45) is 5.92 Å². The highest BCUT2D eigenvalue weighted by molar-refractivity contribution is 6.66. The summed E-state index contributed by atoms with van der Waals surface area (Å²) in [5.74, 6) is 0.495. The smallest absolute Gasteiger partial charge is 0.407 e. The normalized spacial score (nSPS) is 16.5. The van der Waals surface area contributed by atoms with Crippen LogP contribution in [0, 0.1) is 5.92 Å². The summed E-state index contributed by atoms with van der Waals surface area (Å²) < 4.78 is 11.7. The van der Waals surface area contributed by atoms with Gasteiger partial charge >= 0.3 is 7.12 Å². The third-order valence-corrected chi connectivity index (χ3v) is 4.83. The molecular formula is C16H23BCl2O2. The molecule has 1 aliphatic rings. The van der Waals surface area contributed by atoms with Gasteiger partial charge in [0.25, 0.3) is 0 Å². The highest BCUT2D eigenvalue weighted by Crippen LogP contribution is 2.27. The molecule has 1 aromatic rings. The molecule has 1 aliphatic heterocycles. The van der Waals surface area contributed by atoms with Gasteiger partial charge in [0.05, 0.1) is 10.0 Å². The molecule has 1 saturated heterocycles. The Hall–Kier alpha value is -0.215. The van der Waals surface area contributed by atoms with Crippen molar-refractivity contribution >= 4 is 35.8 Å². The summed E-state index contributed by atoms with van der Waals surface area (Å²) in [4.78, 5) is 0. The van der Waals surface area contributed by atoms with Gasteiger partial charge in [0.1, 0.15) is 0 Å². The molecule has 0 aromatic heterocycles. The average Bonchev–Trinajstić information content (AvgIpc) is 2.51. The lowest BCUT2D eigenvalue weighted by atomic mass is 9.76. The van der Waals surface area contributed by atoms with Gasteiger partial charge in [0.2, 0.25) is 0 Å². The van der Waals surface area contributed by atoms with Crippen molar-refractivity contribution in [1.29, 1.82) is 0 Å². The molecule has 1 heterocycles. The second kappa shape index (κ2) is 8.43. The van der Waals surface area contributed by atoms with Crippen LogP contribution in [0.4, 0.5) is 0 Å². The van der Waals surface area contributed by atoms with Crippen molar-refractivity contribution in [2.75, 3.05) is 13.2 Å². The maximum absolute atomic E-state index is 6.40. The minimum Gasteiger partial charge on any atom is -0.407 e. The Morgan fingerprint density at radius 3 is 2.43 bits per heavy atom. The molecule has 21 heavy (non-hydrogen) atoms. The van der Waals surface area contributed by atoms with Crippen LogP contribution in [0.3, 0.4) is 0 Å². The van der Waals surface area contributed by atoms with Crippen molar-refractivity contribution in [3.63, 3.8) is 0 Å². The summed E-state index contributed by atoms with van der Waals surface area (Å²) in [6.45, 7) is 5.79. The molecule has 2 rings (SSSR count). The molecule has 1 aromatic carbocycles. The quantitative estimate of drug-likeness (QED) is 0.716. The molecule has 0 bridgehead atoms. The summed E-state index contributed by atoms with van der Waals surface area (Å²) in [5, 5.41) is 1.20. The molecule has 0 saturated carbocycles. The SMILES string of the molecule is CCCCC1COB(c2ccc(CCC)c(Cl)c2Cl)OC1. The Kier molecular flexibility index (Phi) is 6.88. The van der Waals surface area contributed by atoms with Crippen LogP contribution >= 0.6 is 23.2 Å². The van der Waals surface area contributed by atoms with Crippen LogP contribution in [0.25, 0.3) is 0 Å². The van der Waals surface area contributed by atoms with E-state index in [4.69, 9.17) is 32.5 Å². The van der Waals surface area contributed by atoms with Gasteiger partial charge in [-0.1, -0.05) is 68.4 Å². The molecule has 0 aliphatic carbocycles. The second-order valence-corrected chi connectivity index (χ2v) is 6.45. The topological polar surface area (TPSA) is 18.5 Å². The Morgan fingerprint density at radius 2 is 1.81 bits per heavy atom. The third kappa shape index (κ3) is 4.38. The fraction of sp³-hybridized carbons (Fsp3) is 0.625. The molecule has 0 spiro atoms. The Labute approximate surface area is 138 Å². The molecule has 0 radical (unpaired) electrons. The van der Waals surface area contributed by atoms with Gasteiger partial charge < -0.3 is 9.31 Å². The van der Waals surface area contributed by atoms with Gasteiger partial charge in [0.15, 0.2) is 0 Å². The first-order valence-electron chi connectivity index (χ1n) is 7.87. The lowest BCUT2D eigenvalue weighted by Crippen LogP contribution is -2.44. The second-order valence-electron chi connectivity index (χ2n) is 5.70. The van der Waals surface area contributed by atoms with Crippen LogP contribution in [0.5, 0.6) is 0 Å². The summed E-state index contributed by atoms with van der Waals surface area (Å²) in [6.07, 6.45) is 5.57. The minimum atomic E-state index is -0.386. The standard InChI is InChI=1S/C16H23BCl2O2/c1-3-5-7-12-10-20-17(21-11-12)14-9-8-13(6-4-2)15(18)16(14)19/h8-9,12H,3-7,10-11H2,1-2H3. The Morgan fingerprint density at radius 1 is 1.10 bits per heavy atom. The fourth-order valence-corrected chi connectivity index (χ4v) is 3.17. The van der Waals surface area contributed by atoms with Crippen LogP contribution in [0.1, 0.15) is 45.1 Å². The zero-order valence-corrected chi connectivity index (χ0v) is 14.3. The van der Waals surface area contributed by atoms with E-state index < -0.39 is 0 Å². The summed E-state index contributed by atoms with van der Waals surface area (Å²) in [6, 6.07) is 4.01. The molecular weight excluding hydrogens is 306 g/mol. The molecule has 0 atom stereocenters. The van der Waals surface area contributed by atoms with E-state index in [9.17, 15) is 0 Å². The van der Waals surface area contributed by atoms with Crippen molar-refractivity contribution in [3.05, 3.63) is 27.7 Å². The number of benzene rings is 1. The highest BCUT2D eigenvalue weighted by Gasteiger charge is 2.31. The Bertz CT molecular complexity index is 460. The average molecular weight is 329 g/mol. The van der Waals surface area contributed by atoms with Crippen molar-refractivity contribution in [2.45, 2.75) is 46.0 Å². The number of rotatable bonds is 6. The van der Waals surface area contributed by atoms with E-state index in [0.717, 1.165) is 43.5 Å².